The minimum atomic E-state index is -4.12. The zero-order valence-electron chi connectivity index (χ0n) is 25.3. The number of nitrogens with one attached hydrogen (secondary N) is 3. The summed E-state index contributed by atoms with van der Waals surface area (Å²) in [7, 11) is -8.09. The van der Waals surface area contributed by atoms with Crippen LogP contribution in [0.25, 0.3) is 0 Å². The summed E-state index contributed by atoms with van der Waals surface area (Å²) >= 11 is 7.86. The van der Waals surface area contributed by atoms with Gasteiger partial charge in [-0.15, -0.1) is 0 Å². The standard InChI is InChI=1S/C30H42ClN4O7PS2/c1-2-3-15-28-32-25-17-23(31)27(18-26(25)44-33-28)45(41,42)34-24(21-10-5-4-6-11-21)14-9-16-43(39,40)20-29(36)35(19-30(37)38)22-12-7-8-13-22/h4-6,10-11,17-18,22,24,28,32-34H,2-3,7-9,12-16,19-20H2,1H3,(H,37,38)(H,39,40). The largest absolute Gasteiger partial charge is 0.480 e. The van der Waals surface area contributed by atoms with Gasteiger partial charge in [0.05, 0.1) is 16.9 Å². The maximum absolute atomic E-state index is 13.7. The number of amides is 1. The molecule has 0 saturated heterocycles. The summed E-state index contributed by atoms with van der Waals surface area (Å²) in [5, 5.41) is 12.7. The predicted molar refractivity (Wildman–Crippen MR) is 177 cm³/mol. The van der Waals surface area contributed by atoms with E-state index >= 15 is 0 Å². The first kappa shape index (κ1) is 35.7. The van der Waals surface area contributed by atoms with Crippen molar-refractivity contribution >= 4 is 58.5 Å². The van der Waals surface area contributed by atoms with E-state index in [0.717, 1.165) is 37.8 Å². The third-order valence-electron chi connectivity index (χ3n) is 8.08. The number of fused-ring (bicyclic) bond motifs is 1. The van der Waals surface area contributed by atoms with Gasteiger partial charge in [0.1, 0.15) is 17.6 Å². The van der Waals surface area contributed by atoms with Crippen LogP contribution in [0.4, 0.5) is 5.69 Å². The summed E-state index contributed by atoms with van der Waals surface area (Å²) in [5.41, 5.74) is 1.43. The molecule has 1 saturated carbocycles. The van der Waals surface area contributed by atoms with Gasteiger partial charge in [0.25, 0.3) is 0 Å². The number of unbranched alkanes of at least 4 members (excludes halogenated alkanes) is 1. The van der Waals surface area contributed by atoms with Gasteiger partial charge in [0.2, 0.25) is 23.3 Å². The molecular formula is C30H42ClN4O7PS2. The van der Waals surface area contributed by atoms with Crippen molar-refractivity contribution in [3.05, 3.63) is 53.1 Å². The first-order valence-electron chi connectivity index (χ1n) is 15.3. The van der Waals surface area contributed by atoms with E-state index in [9.17, 15) is 32.6 Å². The van der Waals surface area contributed by atoms with Gasteiger partial charge in [-0.3, -0.25) is 14.2 Å². The van der Waals surface area contributed by atoms with Gasteiger partial charge in [-0.2, -0.15) is 0 Å². The lowest BCUT2D eigenvalue weighted by Gasteiger charge is -2.28. The fourth-order valence-electron chi connectivity index (χ4n) is 5.77. The molecule has 1 fully saturated rings. The highest BCUT2D eigenvalue weighted by atomic mass is 35.5. The number of benzene rings is 2. The lowest BCUT2D eigenvalue weighted by Crippen LogP contribution is -2.43. The molecule has 0 spiro atoms. The van der Waals surface area contributed by atoms with E-state index in [1.54, 1.807) is 36.4 Å². The average molecular weight is 701 g/mol. The molecule has 1 amide bonds. The van der Waals surface area contributed by atoms with Crippen molar-refractivity contribution in [1.29, 1.82) is 0 Å². The van der Waals surface area contributed by atoms with Crippen molar-refractivity contribution in [2.45, 2.75) is 92.8 Å². The summed E-state index contributed by atoms with van der Waals surface area (Å²) in [4.78, 5) is 36.9. The Morgan fingerprint density at radius 2 is 1.89 bits per heavy atom. The summed E-state index contributed by atoms with van der Waals surface area (Å²) in [6.07, 6.45) is 5.62. The molecule has 45 heavy (non-hydrogen) atoms. The Labute approximate surface area is 274 Å². The number of carboxylic acid groups (broad SMARTS) is 1. The molecule has 11 nitrogen and oxygen atoms in total. The second kappa shape index (κ2) is 16.1. The molecule has 2 aromatic rings. The molecule has 0 aromatic heterocycles. The Hall–Kier alpha value is -2.12. The zero-order valence-corrected chi connectivity index (χ0v) is 28.6. The highest BCUT2D eigenvalue weighted by molar-refractivity contribution is 7.97. The smallest absolute Gasteiger partial charge is 0.323 e. The monoisotopic (exact) mass is 700 g/mol. The molecule has 3 unspecified atom stereocenters. The van der Waals surface area contributed by atoms with Crippen LogP contribution >= 0.6 is 30.9 Å². The first-order valence-corrected chi connectivity index (χ1v) is 20.0. The molecule has 1 heterocycles. The number of carbonyl (C=O) groups excluding carboxylic acids is 1. The van der Waals surface area contributed by atoms with Crippen LogP contribution in [0.5, 0.6) is 0 Å². The fraction of sp³-hybridized carbons (Fsp3) is 0.533. The van der Waals surface area contributed by atoms with Gasteiger partial charge < -0.3 is 20.2 Å². The van der Waals surface area contributed by atoms with Gasteiger partial charge in [0, 0.05) is 23.1 Å². The minimum absolute atomic E-state index is 0.0438. The summed E-state index contributed by atoms with van der Waals surface area (Å²) < 4.78 is 46.5. The van der Waals surface area contributed by atoms with E-state index in [0.29, 0.717) is 23.3 Å². The Morgan fingerprint density at radius 1 is 1.18 bits per heavy atom. The molecule has 15 heteroatoms. The van der Waals surface area contributed by atoms with Gasteiger partial charge in [-0.1, -0.05) is 74.5 Å². The van der Waals surface area contributed by atoms with Gasteiger partial charge in [0.15, 0.2) is 0 Å². The number of hydrogen-bond donors (Lipinski definition) is 5. The molecule has 2 aromatic carbocycles. The van der Waals surface area contributed by atoms with Crippen molar-refractivity contribution < 1.29 is 32.6 Å². The van der Waals surface area contributed by atoms with E-state index < -0.39 is 48.0 Å². The van der Waals surface area contributed by atoms with Crippen LogP contribution in [-0.2, 0) is 24.2 Å². The third kappa shape index (κ3) is 10.2. The molecule has 248 valence electrons. The van der Waals surface area contributed by atoms with Crippen LogP contribution in [0.15, 0.2) is 52.3 Å². The van der Waals surface area contributed by atoms with Crippen LogP contribution < -0.4 is 14.8 Å². The van der Waals surface area contributed by atoms with Gasteiger partial charge in [-0.25, -0.2) is 17.9 Å². The maximum Gasteiger partial charge on any atom is 0.323 e. The topological polar surface area (TPSA) is 165 Å². The van der Waals surface area contributed by atoms with Crippen LogP contribution in [0, 0.1) is 0 Å². The first-order chi connectivity index (χ1) is 21.4. The van der Waals surface area contributed by atoms with E-state index in [2.05, 4.69) is 21.7 Å². The third-order valence-corrected chi connectivity index (χ3v) is 12.8. The fourth-order valence-corrected chi connectivity index (χ4v) is 9.94. The van der Waals surface area contributed by atoms with Gasteiger partial charge in [-0.05, 0) is 61.7 Å². The van der Waals surface area contributed by atoms with E-state index in [1.165, 1.54) is 22.9 Å². The van der Waals surface area contributed by atoms with Crippen LogP contribution in [0.1, 0.15) is 76.3 Å². The summed E-state index contributed by atoms with van der Waals surface area (Å²) in [6, 6.07) is 11.1. The Balaban J connectivity index is 1.44. The molecule has 1 aliphatic heterocycles. The lowest BCUT2D eigenvalue weighted by molar-refractivity contribution is -0.145. The number of nitrogens with zero attached hydrogens (tertiary/aromatic N) is 1. The summed E-state index contributed by atoms with van der Waals surface area (Å²) in [6.45, 7) is 1.61. The highest BCUT2D eigenvalue weighted by Gasteiger charge is 2.33. The molecule has 3 atom stereocenters. The molecule has 1 aliphatic carbocycles. The van der Waals surface area contributed by atoms with Crippen molar-refractivity contribution in [2.75, 3.05) is 24.2 Å². The second-order valence-corrected chi connectivity index (χ2v) is 17.1. The number of anilines is 1. The minimum Gasteiger partial charge on any atom is -0.480 e. The highest BCUT2D eigenvalue weighted by Crippen LogP contribution is 2.43. The maximum atomic E-state index is 13.7. The molecular weight excluding hydrogens is 659 g/mol. The summed E-state index contributed by atoms with van der Waals surface area (Å²) in [5.74, 6) is -1.81. The quantitative estimate of drug-likeness (QED) is 0.107. The van der Waals surface area contributed by atoms with E-state index in [1.807, 2.05) is 0 Å². The SMILES string of the molecule is CCCCC1NSc2cc(S(=O)(=O)NC(CCCP(=O)(O)CC(=O)N(CC(=O)O)C3CCCC3)c3ccccc3)c(Cl)cc2N1. The number of rotatable bonds is 16. The van der Waals surface area contributed by atoms with Crippen molar-refractivity contribution in [2.24, 2.45) is 0 Å². The molecule has 0 bridgehead atoms. The van der Waals surface area contributed by atoms with Crippen molar-refractivity contribution in [3.63, 3.8) is 0 Å². The molecule has 4 rings (SSSR count). The number of halogens is 1. The number of carboxylic acids is 1. The predicted octanol–water partition coefficient (Wildman–Crippen LogP) is 5.80. The van der Waals surface area contributed by atoms with Crippen LogP contribution in [0.2, 0.25) is 5.02 Å². The van der Waals surface area contributed by atoms with Crippen LogP contribution in [0.3, 0.4) is 0 Å². The number of sulfonamides is 1. The van der Waals surface area contributed by atoms with Crippen molar-refractivity contribution in [3.8, 4) is 0 Å². The van der Waals surface area contributed by atoms with Gasteiger partial charge >= 0.3 is 5.97 Å². The molecule has 5 N–H and O–H groups in total. The second-order valence-electron chi connectivity index (χ2n) is 11.6. The number of hydrogen-bond acceptors (Lipinski definition) is 8. The average Bonchev–Trinajstić information content (AvgIpc) is 3.52. The number of aliphatic carboxylic acids is 1. The number of carbonyl (C=O) groups is 2. The van der Waals surface area contributed by atoms with E-state index in [-0.39, 0.29) is 41.1 Å². The Kier molecular flexibility index (Phi) is 12.8. The normalized spacial score (nSPS) is 18.9. The zero-order chi connectivity index (χ0) is 32.6. The Bertz CT molecular complexity index is 1490. The van der Waals surface area contributed by atoms with Crippen LogP contribution in [-0.4, -0.2) is 66.3 Å². The molecule has 0 radical (unpaired) electrons. The lowest BCUT2D eigenvalue weighted by atomic mass is 10.0. The molecule has 2 aliphatic rings. The van der Waals surface area contributed by atoms with Crippen molar-refractivity contribution in [1.82, 2.24) is 14.3 Å². The van der Waals surface area contributed by atoms with E-state index in [4.69, 9.17) is 11.6 Å². The Morgan fingerprint density at radius 3 is 2.56 bits per heavy atom.